The van der Waals surface area contributed by atoms with Crippen LogP contribution in [-0.2, 0) is 17.1 Å². The van der Waals surface area contributed by atoms with Crippen LogP contribution in [0.5, 0.6) is 0 Å². The average molecular weight is 501 g/mol. The largest absolute Gasteiger partial charge is 0.359 e. The molecule has 2 saturated heterocycles. The molecular weight excluding hydrogens is 460 g/mol. The van der Waals surface area contributed by atoms with Crippen molar-refractivity contribution in [2.75, 3.05) is 65.0 Å². The number of hydrogen-bond donors (Lipinski definition) is 5. The number of piperazine rings is 1. The lowest BCUT2D eigenvalue weighted by molar-refractivity contribution is -0.115. The lowest BCUT2D eigenvalue weighted by Gasteiger charge is -2.54. The molecule has 9 nitrogen and oxygen atoms in total. The summed E-state index contributed by atoms with van der Waals surface area (Å²) in [6.07, 6.45) is 6.35. The van der Waals surface area contributed by atoms with E-state index in [1.807, 2.05) is 12.3 Å². The molecule has 0 amide bonds. The number of nitrogens with one attached hydrogen (secondary N) is 4. The molecule has 4 heterocycles. The maximum absolute atomic E-state index is 6.65. The van der Waals surface area contributed by atoms with Crippen LogP contribution in [0.3, 0.4) is 0 Å². The first kappa shape index (κ1) is 25.0. The van der Waals surface area contributed by atoms with E-state index in [9.17, 15) is 0 Å². The van der Waals surface area contributed by atoms with Gasteiger partial charge < -0.3 is 19.9 Å². The summed E-state index contributed by atoms with van der Waals surface area (Å²) in [5, 5.41) is 10.8. The van der Waals surface area contributed by atoms with Gasteiger partial charge in [-0.25, -0.2) is 5.32 Å². The predicted molar refractivity (Wildman–Crippen MR) is 142 cm³/mol. The van der Waals surface area contributed by atoms with E-state index in [1.165, 1.54) is 10.5 Å². The van der Waals surface area contributed by atoms with Crippen LogP contribution in [0.25, 0.3) is 0 Å². The molecule has 0 saturated carbocycles. The molecule has 2 unspecified atom stereocenters. The number of hydrogen-bond acceptors (Lipinski definition) is 9. The predicted octanol–water partition coefficient (Wildman–Crippen LogP) is 1.58. The molecule has 0 spiro atoms. The number of H-pyrrole nitrogens is 1. The molecule has 5 rings (SSSR count). The molecular formula is C25H40N8OS. The van der Waals surface area contributed by atoms with E-state index in [1.54, 1.807) is 18.9 Å². The molecule has 0 aliphatic carbocycles. The lowest BCUT2D eigenvalue weighted by Crippen LogP contribution is -2.78. The third kappa shape index (κ3) is 4.99. The highest BCUT2D eigenvalue weighted by atomic mass is 32.2. The molecule has 1 aromatic heterocycles. The first-order chi connectivity index (χ1) is 17.0. The van der Waals surface area contributed by atoms with Gasteiger partial charge >= 0.3 is 0 Å². The van der Waals surface area contributed by atoms with E-state index in [-0.39, 0.29) is 0 Å². The van der Waals surface area contributed by atoms with E-state index in [0.717, 1.165) is 63.5 Å². The van der Waals surface area contributed by atoms with Crippen LogP contribution < -0.4 is 21.7 Å². The maximum Gasteiger partial charge on any atom is 0.257 e. The Labute approximate surface area is 213 Å². The van der Waals surface area contributed by atoms with E-state index in [4.69, 9.17) is 10.5 Å². The highest BCUT2D eigenvalue weighted by Gasteiger charge is 2.51. The molecule has 6 N–H and O–H groups in total. The Kier molecular flexibility index (Phi) is 7.43. The van der Waals surface area contributed by atoms with E-state index < -0.39 is 11.8 Å². The summed E-state index contributed by atoms with van der Waals surface area (Å²) in [7, 11) is 3.85. The molecule has 3 aliphatic heterocycles. The summed E-state index contributed by atoms with van der Waals surface area (Å²) in [6.45, 7) is 7.24. The van der Waals surface area contributed by atoms with Gasteiger partial charge in [0, 0.05) is 70.1 Å². The third-order valence-electron chi connectivity index (χ3n) is 7.84. The molecule has 35 heavy (non-hydrogen) atoms. The van der Waals surface area contributed by atoms with Crippen molar-refractivity contribution in [1.29, 1.82) is 0 Å². The van der Waals surface area contributed by atoms with Gasteiger partial charge in [-0.05, 0) is 43.8 Å². The minimum absolute atomic E-state index is 0.629. The van der Waals surface area contributed by atoms with E-state index in [2.05, 4.69) is 73.2 Å². The van der Waals surface area contributed by atoms with Crippen molar-refractivity contribution in [3.63, 3.8) is 0 Å². The molecule has 3 aliphatic rings. The van der Waals surface area contributed by atoms with Crippen LogP contribution in [0.15, 0.2) is 41.4 Å². The van der Waals surface area contributed by atoms with Crippen LogP contribution >= 0.6 is 11.8 Å². The van der Waals surface area contributed by atoms with Crippen LogP contribution in [-0.4, -0.2) is 91.4 Å². The van der Waals surface area contributed by atoms with E-state index in [0.29, 0.717) is 12.6 Å². The average Bonchev–Trinajstić information content (AvgIpc) is 3.37. The number of rotatable bonds is 7. The summed E-state index contributed by atoms with van der Waals surface area (Å²) in [5.74, 6) is -1.90. The van der Waals surface area contributed by atoms with Gasteiger partial charge in [-0.1, -0.05) is 18.2 Å². The standard InChI is InChI=1S/C25H40N8OS/c1-31-14-16-32(17-15-31)20-9-12-33(13-10-20)24(28-18-19-6-4-5-7-22(19)35-3)23-21(8-11-27-23)29-25(26,30-24)34-2/h4-8,11,20,27-30H,9-10,12-18,26H2,1-3H3. The Balaban J connectivity index is 1.41. The number of likely N-dealkylation sites (tertiary alicyclic amines) is 1. The third-order valence-corrected chi connectivity index (χ3v) is 8.68. The SMILES string of the molecule is COC1(N)Nc2cc[nH]c2C(NCc2ccccc2SC)(N2CCC(N3CCN(C)CC3)CC2)N1. The van der Waals surface area contributed by atoms with Crippen molar-refractivity contribution in [3.05, 3.63) is 47.8 Å². The number of methoxy groups -OCH3 is 1. The minimum Gasteiger partial charge on any atom is -0.359 e. The number of aromatic nitrogens is 1. The van der Waals surface area contributed by atoms with Gasteiger partial charge in [0.1, 0.15) is 0 Å². The fourth-order valence-electron chi connectivity index (χ4n) is 5.74. The number of thioether (sulfide) groups is 1. The highest BCUT2D eigenvalue weighted by Crippen LogP contribution is 2.37. The Morgan fingerprint density at radius 1 is 1.11 bits per heavy atom. The lowest BCUT2D eigenvalue weighted by atomic mass is 9.98. The molecule has 2 aromatic rings. The van der Waals surface area contributed by atoms with Gasteiger partial charge in [0.25, 0.3) is 5.97 Å². The van der Waals surface area contributed by atoms with Crippen molar-refractivity contribution in [3.8, 4) is 0 Å². The number of anilines is 1. The zero-order valence-corrected chi connectivity index (χ0v) is 22.0. The highest BCUT2D eigenvalue weighted by molar-refractivity contribution is 7.98. The van der Waals surface area contributed by atoms with Crippen LogP contribution in [0, 0.1) is 0 Å². The van der Waals surface area contributed by atoms with Gasteiger partial charge in [0.2, 0.25) is 0 Å². The molecule has 192 valence electrons. The first-order valence-corrected chi connectivity index (χ1v) is 13.8. The number of benzene rings is 1. The van der Waals surface area contributed by atoms with Gasteiger partial charge in [-0.2, -0.15) is 0 Å². The molecule has 1 aromatic carbocycles. The van der Waals surface area contributed by atoms with Gasteiger partial charge in [0.15, 0.2) is 5.79 Å². The molecule has 2 atom stereocenters. The fraction of sp³-hybridized carbons (Fsp3) is 0.600. The maximum atomic E-state index is 6.65. The number of nitrogens with two attached hydrogens (primary N) is 1. The van der Waals surface area contributed by atoms with Crippen molar-refractivity contribution in [2.24, 2.45) is 5.73 Å². The minimum atomic E-state index is -1.20. The van der Waals surface area contributed by atoms with Crippen molar-refractivity contribution >= 4 is 17.4 Å². The van der Waals surface area contributed by atoms with Gasteiger partial charge in [0.05, 0.1) is 11.4 Å². The van der Waals surface area contributed by atoms with Crippen molar-refractivity contribution in [1.82, 2.24) is 30.3 Å². The Morgan fingerprint density at radius 2 is 1.86 bits per heavy atom. The molecule has 0 radical (unpaired) electrons. The summed E-state index contributed by atoms with van der Waals surface area (Å²) in [4.78, 5) is 12.4. The second kappa shape index (κ2) is 10.4. The monoisotopic (exact) mass is 500 g/mol. The summed E-state index contributed by atoms with van der Waals surface area (Å²) in [5.41, 5.74) is 9.90. The molecule has 0 bridgehead atoms. The summed E-state index contributed by atoms with van der Waals surface area (Å²) in [6, 6.07) is 11.2. The number of piperidine rings is 1. The normalized spacial score (nSPS) is 29.1. The molecule has 10 heteroatoms. The Hall–Kier alpha value is -1.63. The fourth-order valence-corrected chi connectivity index (χ4v) is 6.36. The van der Waals surface area contributed by atoms with Gasteiger partial charge in [-0.3, -0.25) is 20.9 Å². The van der Waals surface area contributed by atoms with Gasteiger partial charge in [-0.15, -0.1) is 11.8 Å². The first-order valence-electron chi connectivity index (χ1n) is 12.6. The number of nitrogens with zero attached hydrogens (tertiary/aromatic N) is 3. The smallest absolute Gasteiger partial charge is 0.257 e. The second-order valence-corrected chi connectivity index (χ2v) is 10.7. The zero-order valence-electron chi connectivity index (χ0n) is 21.1. The Morgan fingerprint density at radius 3 is 2.57 bits per heavy atom. The van der Waals surface area contributed by atoms with E-state index >= 15 is 0 Å². The summed E-state index contributed by atoms with van der Waals surface area (Å²) < 4.78 is 5.73. The molecule has 2 fully saturated rings. The van der Waals surface area contributed by atoms with Crippen LogP contribution in [0.4, 0.5) is 5.69 Å². The number of likely N-dealkylation sites (N-methyl/N-ethyl adjacent to an activating group) is 1. The zero-order chi connectivity index (χ0) is 24.5. The van der Waals surface area contributed by atoms with Crippen molar-refractivity contribution < 1.29 is 4.74 Å². The van der Waals surface area contributed by atoms with Crippen LogP contribution in [0.2, 0.25) is 0 Å². The number of fused-ring (bicyclic) bond motifs is 1. The topological polar surface area (TPSA) is 96.8 Å². The quantitative estimate of drug-likeness (QED) is 0.287. The Bertz CT molecular complexity index is 987. The number of aromatic amines is 1. The number of ether oxygens (including phenoxy) is 1. The van der Waals surface area contributed by atoms with Crippen molar-refractivity contribution in [2.45, 2.75) is 42.1 Å². The second-order valence-electron chi connectivity index (χ2n) is 9.89. The summed E-state index contributed by atoms with van der Waals surface area (Å²) >= 11 is 1.77. The van der Waals surface area contributed by atoms with Crippen LogP contribution in [0.1, 0.15) is 24.1 Å².